The molecule has 2 aliphatic heterocycles. The van der Waals surface area contributed by atoms with Crippen molar-refractivity contribution in [2.75, 3.05) is 46.4 Å². The standard InChI is InChI=1S/C24H31N5O3/c1-17-7-9-29(10-8-17)23(30)16-28-11-12-32-22(15-28)20-5-3-18(13-26-20)19-4-6-21(27-14-19)24(31)25-2/h3-6,13-14,17,22H,7-12,15-16H2,1-2H3,(H,25,31). The van der Waals surface area contributed by atoms with Crippen molar-refractivity contribution in [1.82, 2.24) is 25.1 Å². The summed E-state index contributed by atoms with van der Waals surface area (Å²) in [6.45, 7) is 6.44. The summed E-state index contributed by atoms with van der Waals surface area (Å²) in [5, 5.41) is 2.56. The molecular formula is C24H31N5O3. The number of aromatic nitrogens is 2. The average molecular weight is 438 g/mol. The fourth-order valence-electron chi connectivity index (χ4n) is 4.17. The highest BCUT2D eigenvalue weighted by atomic mass is 16.5. The molecule has 1 atom stereocenters. The van der Waals surface area contributed by atoms with Crippen molar-refractivity contribution in [3.05, 3.63) is 48.0 Å². The van der Waals surface area contributed by atoms with Crippen LogP contribution in [0.25, 0.3) is 11.1 Å². The van der Waals surface area contributed by atoms with Gasteiger partial charge >= 0.3 is 0 Å². The second-order valence-corrected chi connectivity index (χ2v) is 8.64. The summed E-state index contributed by atoms with van der Waals surface area (Å²) in [6, 6.07) is 7.51. The number of morpholine rings is 1. The number of carbonyl (C=O) groups excluding carboxylic acids is 2. The van der Waals surface area contributed by atoms with Crippen LogP contribution in [0.15, 0.2) is 36.7 Å². The molecular weight excluding hydrogens is 406 g/mol. The smallest absolute Gasteiger partial charge is 0.269 e. The van der Waals surface area contributed by atoms with Gasteiger partial charge < -0.3 is 15.0 Å². The summed E-state index contributed by atoms with van der Waals surface area (Å²) in [5.74, 6) is 0.719. The Morgan fingerprint density at radius 2 is 1.78 bits per heavy atom. The monoisotopic (exact) mass is 437 g/mol. The van der Waals surface area contributed by atoms with Crippen molar-refractivity contribution >= 4 is 11.8 Å². The van der Waals surface area contributed by atoms with Gasteiger partial charge in [0.1, 0.15) is 11.8 Å². The van der Waals surface area contributed by atoms with Crippen LogP contribution in [-0.2, 0) is 9.53 Å². The van der Waals surface area contributed by atoms with Gasteiger partial charge in [0.05, 0.1) is 18.8 Å². The first-order chi connectivity index (χ1) is 15.5. The van der Waals surface area contributed by atoms with Gasteiger partial charge in [-0.2, -0.15) is 0 Å². The van der Waals surface area contributed by atoms with E-state index in [1.807, 2.05) is 23.1 Å². The summed E-state index contributed by atoms with van der Waals surface area (Å²) in [6.07, 6.45) is 5.51. The van der Waals surface area contributed by atoms with Gasteiger partial charge in [0, 0.05) is 56.7 Å². The quantitative estimate of drug-likeness (QED) is 0.771. The maximum atomic E-state index is 12.7. The van der Waals surface area contributed by atoms with Crippen molar-refractivity contribution in [3.63, 3.8) is 0 Å². The van der Waals surface area contributed by atoms with Gasteiger partial charge in [-0.05, 0) is 30.9 Å². The predicted molar refractivity (Wildman–Crippen MR) is 121 cm³/mol. The molecule has 0 spiro atoms. The number of rotatable bonds is 5. The third-order valence-electron chi connectivity index (χ3n) is 6.32. The molecule has 0 saturated carbocycles. The van der Waals surface area contributed by atoms with Crippen LogP contribution in [0.3, 0.4) is 0 Å². The highest BCUT2D eigenvalue weighted by Gasteiger charge is 2.27. The van der Waals surface area contributed by atoms with Gasteiger partial charge in [0.25, 0.3) is 5.91 Å². The van der Waals surface area contributed by atoms with E-state index in [0.29, 0.717) is 31.3 Å². The summed E-state index contributed by atoms with van der Waals surface area (Å²) < 4.78 is 5.95. The Hall–Kier alpha value is -2.84. The van der Waals surface area contributed by atoms with Crippen LogP contribution in [0.2, 0.25) is 0 Å². The maximum absolute atomic E-state index is 12.7. The molecule has 0 bridgehead atoms. The predicted octanol–water partition coefficient (Wildman–Crippen LogP) is 2.13. The molecule has 2 saturated heterocycles. The van der Waals surface area contributed by atoms with E-state index in [1.165, 1.54) is 0 Å². The van der Waals surface area contributed by atoms with E-state index < -0.39 is 0 Å². The third-order valence-corrected chi connectivity index (χ3v) is 6.32. The molecule has 2 aliphatic rings. The molecule has 4 heterocycles. The number of pyridine rings is 2. The first-order valence-corrected chi connectivity index (χ1v) is 11.3. The van der Waals surface area contributed by atoms with Gasteiger partial charge in [-0.1, -0.05) is 19.1 Å². The van der Waals surface area contributed by atoms with Crippen molar-refractivity contribution in [2.45, 2.75) is 25.9 Å². The zero-order chi connectivity index (χ0) is 22.5. The SMILES string of the molecule is CNC(=O)c1ccc(-c2ccc(C3CN(CC(=O)N4CCC(C)CC4)CCO3)nc2)cn1. The van der Waals surface area contributed by atoms with Crippen LogP contribution in [0.4, 0.5) is 0 Å². The molecule has 2 aromatic rings. The molecule has 0 radical (unpaired) electrons. The molecule has 2 aromatic heterocycles. The van der Waals surface area contributed by atoms with E-state index in [0.717, 1.165) is 49.3 Å². The zero-order valence-corrected chi connectivity index (χ0v) is 18.8. The molecule has 0 aliphatic carbocycles. The molecule has 4 rings (SSSR count). The Morgan fingerprint density at radius 3 is 2.41 bits per heavy atom. The van der Waals surface area contributed by atoms with E-state index in [9.17, 15) is 9.59 Å². The molecule has 0 aromatic carbocycles. The first-order valence-electron chi connectivity index (χ1n) is 11.3. The highest BCUT2D eigenvalue weighted by molar-refractivity contribution is 5.92. The summed E-state index contributed by atoms with van der Waals surface area (Å²) in [4.78, 5) is 37.3. The van der Waals surface area contributed by atoms with Crippen LogP contribution in [-0.4, -0.2) is 78.0 Å². The molecule has 170 valence electrons. The normalized spacial score (nSPS) is 20.2. The number of likely N-dealkylation sites (tertiary alicyclic amines) is 1. The van der Waals surface area contributed by atoms with Crippen LogP contribution >= 0.6 is 0 Å². The van der Waals surface area contributed by atoms with Gasteiger partial charge in [-0.3, -0.25) is 24.5 Å². The molecule has 1 unspecified atom stereocenters. The van der Waals surface area contributed by atoms with Crippen LogP contribution in [0.1, 0.15) is 42.1 Å². The number of carbonyl (C=O) groups is 2. The minimum absolute atomic E-state index is 0.152. The zero-order valence-electron chi connectivity index (χ0n) is 18.8. The second-order valence-electron chi connectivity index (χ2n) is 8.64. The van der Waals surface area contributed by atoms with E-state index in [2.05, 4.69) is 27.1 Å². The lowest BCUT2D eigenvalue weighted by molar-refractivity contribution is -0.135. The van der Waals surface area contributed by atoms with Crippen molar-refractivity contribution < 1.29 is 14.3 Å². The number of hydrogen-bond acceptors (Lipinski definition) is 6. The van der Waals surface area contributed by atoms with Gasteiger partial charge in [0.2, 0.25) is 5.91 Å². The van der Waals surface area contributed by atoms with Gasteiger partial charge in [-0.15, -0.1) is 0 Å². The summed E-state index contributed by atoms with van der Waals surface area (Å²) in [5.41, 5.74) is 3.05. The minimum atomic E-state index is -0.211. The largest absolute Gasteiger partial charge is 0.369 e. The Morgan fingerprint density at radius 1 is 1.06 bits per heavy atom. The van der Waals surface area contributed by atoms with Crippen LogP contribution < -0.4 is 5.32 Å². The Labute approximate surface area is 189 Å². The fourth-order valence-corrected chi connectivity index (χ4v) is 4.17. The number of nitrogens with one attached hydrogen (secondary N) is 1. The summed E-state index contributed by atoms with van der Waals surface area (Å²) >= 11 is 0. The number of ether oxygens (including phenoxy) is 1. The van der Waals surface area contributed by atoms with Crippen molar-refractivity contribution in [1.29, 1.82) is 0 Å². The lowest BCUT2D eigenvalue weighted by Gasteiger charge is -2.35. The van der Waals surface area contributed by atoms with Crippen LogP contribution in [0.5, 0.6) is 0 Å². The number of nitrogens with zero attached hydrogens (tertiary/aromatic N) is 4. The molecule has 2 fully saturated rings. The van der Waals surface area contributed by atoms with Crippen LogP contribution in [0, 0.1) is 5.92 Å². The third kappa shape index (κ3) is 5.31. The molecule has 8 nitrogen and oxygen atoms in total. The van der Waals surface area contributed by atoms with Crippen molar-refractivity contribution in [2.24, 2.45) is 5.92 Å². The lowest BCUT2D eigenvalue weighted by atomic mass is 9.99. The maximum Gasteiger partial charge on any atom is 0.269 e. The minimum Gasteiger partial charge on any atom is -0.369 e. The van der Waals surface area contributed by atoms with E-state index >= 15 is 0 Å². The summed E-state index contributed by atoms with van der Waals surface area (Å²) in [7, 11) is 1.58. The van der Waals surface area contributed by atoms with Gasteiger partial charge in [0.15, 0.2) is 0 Å². The Balaban J connectivity index is 1.35. The topological polar surface area (TPSA) is 87.7 Å². The molecule has 32 heavy (non-hydrogen) atoms. The number of amides is 2. The average Bonchev–Trinajstić information content (AvgIpc) is 2.84. The van der Waals surface area contributed by atoms with E-state index in [1.54, 1.807) is 25.5 Å². The molecule has 1 N–H and O–H groups in total. The van der Waals surface area contributed by atoms with Crippen molar-refractivity contribution in [3.8, 4) is 11.1 Å². The van der Waals surface area contributed by atoms with Gasteiger partial charge in [-0.25, -0.2) is 0 Å². The second kappa shape index (κ2) is 10.2. The molecule has 2 amide bonds. The lowest BCUT2D eigenvalue weighted by Crippen LogP contribution is -2.47. The number of piperidine rings is 1. The van der Waals surface area contributed by atoms with E-state index in [-0.39, 0.29) is 17.9 Å². The Bertz CT molecular complexity index is 924. The highest BCUT2D eigenvalue weighted by Crippen LogP contribution is 2.24. The first kappa shape index (κ1) is 22.4. The Kier molecular flexibility index (Phi) is 7.12. The fraction of sp³-hybridized carbons (Fsp3) is 0.500. The molecule has 8 heteroatoms. The van der Waals surface area contributed by atoms with E-state index in [4.69, 9.17) is 4.74 Å². The number of hydrogen-bond donors (Lipinski definition) is 1.